The van der Waals surface area contributed by atoms with Gasteiger partial charge in [0.1, 0.15) is 5.52 Å². The van der Waals surface area contributed by atoms with Crippen LogP contribution in [0.4, 0.5) is 0 Å². The number of para-hydroxylation sites is 1. The van der Waals surface area contributed by atoms with E-state index in [9.17, 15) is 0 Å². The number of hydrogen-bond donors (Lipinski definition) is 3. The number of hydrogen-bond acceptors (Lipinski definition) is 5. The lowest BCUT2D eigenvalue weighted by molar-refractivity contribution is 0.133. The number of aliphatic hydroxyl groups excluding tert-OH is 1. The summed E-state index contributed by atoms with van der Waals surface area (Å²) in [4.78, 5) is 9.14. The second-order valence-electron chi connectivity index (χ2n) is 6.99. The maximum atomic E-state index is 9.15. The summed E-state index contributed by atoms with van der Waals surface area (Å²) in [6, 6.07) is 5.92. The van der Waals surface area contributed by atoms with E-state index in [1.165, 1.54) is 0 Å². The Hall–Kier alpha value is -1.98. The molecule has 0 spiro atoms. The third-order valence-electron chi connectivity index (χ3n) is 5.03. The molecule has 0 unspecified atom stereocenters. The predicted octanol–water partition coefficient (Wildman–Crippen LogP) is 3.41. The fraction of sp³-hybridized carbons (Fsp3) is 0.421. The third-order valence-corrected chi connectivity index (χ3v) is 5.34. The van der Waals surface area contributed by atoms with Crippen LogP contribution in [0.2, 0.25) is 5.02 Å². The molecule has 2 aromatic rings. The van der Waals surface area contributed by atoms with E-state index in [2.05, 4.69) is 15.3 Å². The van der Waals surface area contributed by atoms with Gasteiger partial charge in [-0.15, -0.1) is 0 Å². The molecule has 0 saturated heterocycles. The lowest BCUT2D eigenvalue weighted by Gasteiger charge is -2.34. The first-order chi connectivity index (χ1) is 12.2. The second kappa shape index (κ2) is 6.73. The average Bonchev–Trinajstić information content (AvgIpc) is 3.41. The fourth-order valence-corrected chi connectivity index (χ4v) is 3.46. The maximum Gasteiger partial charge on any atom is 0.107 e. The predicted molar refractivity (Wildman–Crippen MR) is 99.7 cm³/mol. The highest BCUT2D eigenvalue weighted by Crippen LogP contribution is 2.35. The Morgan fingerprint density at radius 3 is 2.88 bits per heavy atom. The summed E-state index contributed by atoms with van der Waals surface area (Å²) in [6.07, 6.45) is 7.69. The molecular formula is C19H21ClN4O. The standard InChI is InChI=1S/C19H21ClN4O/c20-15-2-1-3-16-19(15)23-9-17(24-16)14(18(21)12-4-5-12)8-22-13-6-11(7-13)10-25/h1-3,8-9,11-13,21-22,25H,4-7,10H2/b14-8-,21-18?/t11-,13-. The number of halogens is 1. The third kappa shape index (κ3) is 3.39. The first-order valence-corrected chi connectivity index (χ1v) is 9.11. The summed E-state index contributed by atoms with van der Waals surface area (Å²) in [5.74, 6) is 0.733. The van der Waals surface area contributed by atoms with Crippen LogP contribution in [0.5, 0.6) is 0 Å². The van der Waals surface area contributed by atoms with Gasteiger partial charge in [0, 0.05) is 36.1 Å². The van der Waals surface area contributed by atoms with E-state index in [1.807, 2.05) is 18.3 Å². The van der Waals surface area contributed by atoms with Crippen LogP contribution in [0, 0.1) is 17.2 Å². The van der Waals surface area contributed by atoms with Gasteiger partial charge in [-0.2, -0.15) is 0 Å². The zero-order valence-electron chi connectivity index (χ0n) is 13.9. The molecule has 0 atom stereocenters. The molecule has 25 heavy (non-hydrogen) atoms. The SMILES string of the molecule is N=C(/C(=C\N[C@H]1C[C@H](CO)C1)c1cnc2c(Cl)cccc2n1)C1CC1. The van der Waals surface area contributed by atoms with Crippen molar-refractivity contribution >= 4 is 33.9 Å². The van der Waals surface area contributed by atoms with E-state index >= 15 is 0 Å². The summed E-state index contributed by atoms with van der Waals surface area (Å²) in [5, 5.41) is 21.6. The van der Waals surface area contributed by atoms with Crippen LogP contribution in [-0.4, -0.2) is 33.4 Å². The quantitative estimate of drug-likeness (QED) is 0.693. The van der Waals surface area contributed by atoms with Crippen molar-refractivity contribution in [1.82, 2.24) is 15.3 Å². The second-order valence-corrected chi connectivity index (χ2v) is 7.40. The van der Waals surface area contributed by atoms with Crippen molar-refractivity contribution in [3.05, 3.63) is 41.3 Å². The van der Waals surface area contributed by atoms with Gasteiger partial charge in [-0.05, 0) is 43.7 Å². The molecule has 4 rings (SSSR count). The van der Waals surface area contributed by atoms with Gasteiger partial charge in [0.2, 0.25) is 0 Å². The normalized spacial score (nSPS) is 23.4. The van der Waals surface area contributed by atoms with Gasteiger partial charge >= 0.3 is 0 Å². The first-order valence-electron chi connectivity index (χ1n) is 8.73. The van der Waals surface area contributed by atoms with Crippen LogP contribution in [0.1, 0.15) is 31.4 Å². The topological polar surface area (TPSA) is 81.9 Å². The molecular weight excluding hydrogens is 336 g/mol. The van der Waals surface area contributed by atoms with E-state index in [4.69, 9.17) is 22.1 Å². The van der Waals surface area contributed by atoms with Gasteiger partial charge in [-0.1, -0.05) is 17.7 Å². The summed E-state index contributed by atoms with van der Waals surface area (Å²) < 4.78 is 0. The number of benzene rings is 1. The van der Waals surface area contributed by atoms with Crippen LogP contribution < -0.4 is 5.32 Å². The Kier molecular flexibility index (Phi) is 4.44. The molecule has 1 aromatic heterocycles. The monoisotopic (exact) mass is 356 g/mol. The molecule has 1 aromatic carbocycles. The average molecular weight is 357 g/mol. The minimum atomic E-state index is 0.254. The zero-order chi connectivity index (χ0) is 17.4. The van der Waals surface area contributed by atoms with Crippen LogP contribution >= 0.6 is 11.6 Å². The number of aromatic nitrogens is 2. The molecule has 2 aliphatic rings. The van der Waals surface area contributed by atoms with Crippen molar-refractivity contribution in [3.63, 3.8) is 0 Å². The van der Waals surface area contributed by atoms with Gasteiger partial charge in [0.25, 0.3) is 0 Å². The number of nitrogens with one attached hydrogen (secondary N) is 2. The maximum absolute atomic E-state index is 9.15. The Bertz CT molecular complexity index is 840. The molecule has 6 heteroatoms. The number of aliphatic hydroxyl groups is 1. The van der Waals surface area contributed by atoms with Gasteiger partial charge in [0.15, 0.2) is 0 Å². The zero-order valence-corrected chi connectivity index (χ0v) is 14.6. The molecule has 0 radical (unpaired) electrons. The Morgan fingerprint density at radius 2 is 2.16 bits per heavy atom. The fourth-order valence-electron chi connectivity index (χ4n) is 3.24. The smallest absolute Gasteiger partial charge is 0.107 e. The first kappa shape index (κ1) is 16.5. The van der Waals surface area contributed by atoms with Crippen molar-refractivity contribution < 1.29 is 5.11 Å². The minimum absolute atomic E-state index is 0.254. The molecule has 2 saturated carbocycles. The lowest BCUT2D eigenvalue weighted by Crippen LogP contribution is -2.40. The molecule has 130 valence electrons. The van der Waals surface area contributed by atoms with E-state index in [0.717, 1.165) is 36.8 Å². The van der Waals surface area contributed by atoms with Gasteiger partial charge in [0.05, 0.1) is 22.4 Å². The van der Waals surface area contributed by atoms with Crippen molar-refractivity contribution in [1.29, 1.82) is 5.41 Å². The number of rotatable bonds is 6. The van der Waals surface area contributed by atoms with Gasteiger partial charge < -0.3 is 15.8 Å². The lowest BCUT2D eigenvalue weighted by atomic mass is 9.81. The van der Waals surface area contributed by atoms with Gasteiger partial charge in [-0.3, -0.25) is 4.98 Å². The van der Waals surface area contributed by atoms with Crippen LogP contribution in [0.25, 0.3) is 16.6 Å². The number of allylic oxidation sites excluding steroid dienone is 1. The molecule has 0 aliphatic heterocycles. The molecule has 2 aliphatic carbocycles. The molecule has 5 nitrogen and oxygen atoms in total. The summed E-state index contributed by atoms with van der Waals surface area (Å²) >= 11 is 6.18. The van der Waals surface area contributed by atoms with Crippen LogP contribution in [0.15, 0.2) is 30.6 Å². The van der Waals surface area contributed by atoms with E-state index in [-0.39, 0.29) is 6.61 Å². The Morgan fingerprint density at radius 1 is 1.36 bits per heavy atom. The summed E-state index contributed by atoms with van der Waals surface area (Å²) in [6.45, 7) is 0.254. The van der Waals surface area contributed by atoms with Crippen LogP contribution in [-0.2, 0) is 0 Å². The van der Waals surface area contributed by atoms with E-state index in [1.54, 1.807) is 12.3 Å². The highest BCUT2D eigenvalue weighted by Gasteiger charge is 2.31. The molecule has 0 amide bonds. The molecule has 2 fully saturated rings. The van der Waals surface area contributed by atoms with E-state index in [0.29, 0.717) is 39.8 Å². The highest BCUT2D eigenvalue weighted by atomic mass is 35.5. The van der Waals surface area contributed by atoms with E-state index < -0.39 is 0 Å². The van der Waals surface area contributed by atoms with Gasteiger partial charge in [-0.25, -0.2) is 4.98 Å². The number of nitrogens with zero attached hydrogens (tertiary/aromatic N) is 2. The Balaban J connectivity index is 1.62. The van der Waals surface area contributed by atoms with Crippen molar-refractivity contribution in [2.45, 2.75) is 31.7 Å². The molecule has 1 heterocycles. The number of fused-ring (bicyclic) bond motifs is 1. The Labute approximate surface area is 151 Å². The minimum Gasteiger partial charge on any atom is -0.396 e. The van der Waals surface area contributed by atoms with Crippen molar-refractivity contribution in [3.8, 4) is 0 Å². The van der Waals surface area contributed by atoms with Crippen molar-refractivity contribution in [2.75, 3.05) is 6.61 Å². The summed E-state index contributed by atoms with van der Waals surface area (Å²) in [5.41, 5.74) is 3.56. The van der Waals surface area contributed by atoms with Crippen LogP contribution in [0.3, 0.4) is 0 Å². The molecule has 0 bridgehead atoms. The van der Waals surface area contributed by atoms with Crippen molar-refractivity contribution in [2.24, 2.45) is 11.8 Å². The largest absolute Gasteiger partial charge is 0.396 e. The summed E-state index contributed by atoms with van der Waals surface area (Å²) in [7, 11) is 0. The molecule has 3 N–H and O–H groups in total. The highest BCUT2D eigenvalue weighted by molar-refractivity contribution is 6.34.